The highest BCUT2D eigenvalue weighted by Crippen LogP contribution is 2.39. The summed E-state index contributed by atoms with van der Waals surface area (Å²) < 4.78 is 5.69. The first-order chi connectivity index (χ1) is 9.75. The molecule has 1 saturated heterocycles. The monoisotopic (exact) mass is 310 g/mol. The number of ether oxygens (including phenoxy) is 1. The van der Waals surface area contributed by atoms with Gasteiger partial charge in [0.05, 0.1) is 6.61 Å². The number of rotatable bonds is 8. The van der Waals surface area contributed by atoms with Gasteiger partial charge in [-0.2, -0.15) is 0 Å². The van der Waals surface area contributed by atoms with Crippen LogP contribution < -0.4 is 4.74 Å². The van der Waals surface area contributed by atoms with Crippen LogP contribution in [-0.2, 0) is 0 Å². The molecule has 0 spiro atoms. The van der Waals surface area contributed by atoms with Crippen LogP contribution in [0.4, 0.5) is 0 Å². The van der Waals surface area contributed by atoms with E-state index >= 15 is 0 Å². The third kappa shape index (κ3) is 5.41. The van der Waals surface area contributed by atoms with Gasteiger partial charge in [-0.1, -0.05) is 34.4 Å². The Balaban J connectivity index is 1.55. The topological polar surface area (TPSA) is 26.3 Å². The molecule has 4 heteroatoms. The van der Waals surface area contributed by atoms with Gasteiger partial charge in [0.25, 0.3) is 0 Å². The molecule has 0 radical (unpaired) electrons. The average Bonchev–Trinajstić information content (AvgIpc) is 2.96. The summed E-state index contributed by atoms with van der Waals surface area (Å²) in [5.41, 5.74) is 0.740. The second-order valence-electron chi connectivity index (χ2n) is 5.11. The van der Waals surface area contributed by atoms with Crippen LogP contribution in [0.3, 0.4) is 0 Å². The number of Topliss-reactive ketones (excluding diaryl/α,β-unsaturated/α-hetero) is 1. The molecular weight excluding hydrogens is 288 g/mol. The molecule has 1 aromatic rings. The van der Waals surface area contributed by atoms with Crippen LogP contribution >= 0.6 is 21.6 Å². The van der Waals surface area contributed by atoms with E-state index in [4.69, 9.17) is 4.74 Å². The summed E-state index contributed by atoms with van der Waals surface area (Å²) in [5, 5.41) is 0.889. The SMILES string of the molecule is CC(=O)c1ccc(OCCCCC[C@@H]2CCSS2)cc1. The lowest BCUT2D eigenvalue weighted by Gasteiger charge is -2.08. The van der Waals surface area contributed by atoms with Crippen molar-refractivity contribution in [2.75, 3.05) is 12.4 Å². The first kappa shape index (κ1) is 15.8. The predicted molar refractivity (Wildman–Crippen MR) is 88.9 cm³/mol. The zero-order chi connectivity index (χ0) is 14.2. The molecule has 0 aliphatic carbocycles. The number of benzene rings is 1. The van der Waals surface area contributed by atoms with E-state index in [2.05, 4.69) is 10.8 Å². The fraction of sp³-hybridized carbons (Fsp3) is 0.562. The van der Waals surface area contributed by atoms with Crippen molar-refractivity contribution in [1.29, 1.82) is 0 Å². The molecule has 2 nitrogen and oxygen atoms in total. The molecule has 0 N–H and O–H groups in total. The highest BCUT2D eigenvalue weighted by Gasteiger charge is 2.15. The zero-order valence-electron chi connectivity index (χ0n) is 12.0. The summed E-state index contributed by atoms with van der Waals surface area (Å²) in [7, 11) is 4.08. The van der Waals surface area contributed by atoms with Crippen LogP contribution in [0.5, 0.6) is 5.75 Å². The maximum absolute atomic E-state index is 11.2. The minimum atomic E-state index is 0.0968. The van der Waals surface area contributed by atoms with Gasteiger partial charge < -0.3 is 4.74 Å². The van der Waals surface area contributed by atoms with Crippen molar-refractivity contribution >= 4 is 27.4 Å². The molecule has 1 heterocycles. The number of ketones is 1. The second-order valence-corrected chi connectivity index (χ2v) is 7.89. The Morgan fingerprint density at radius 2 is 2.05 bits per heavy atom. The largest absolute Gasteiger partial charge is 0.494 e. The summed E-state index contributed by atoms with van der Waals surface area (Å²) in [6.45, 7) is 2.35. The molecule has 0 amide bonds. The summed E-state index contributed by atoms with van der Waals surface area (Å²) in [6.07, 6.45) is 6.40. The predicted octanol–water partition coefficient (Wildman–Crippen LogP) is 4.98. The number of hydrogen-bond acceptors (Lipinski definition) is 4. The maximum atomic E-state index is 11.2. The van der Waals surface area contributed by atoms with Crippen molar-refractivity contribution < 1.29 is 9.53 Å². The Kier molecular flexibility index (Phi) is 6.80. The standard InChI is InChI=1S/C16H22O2S2/c1-13(17)14-6-8-15(9-7-14)18-11-4-2-3-5-16-10-12-19-20-16/h6-9,16H,2-5,10-12H2,1H3/t16-/m1/s1. The minimum absolute atomic E-state index is 0.0968. The molecule has 0 saturated carbocycles. The molecule has 0 unspecified atom stereocenters. The van der Waals surface area contributed by atoms with Crippen molar-refractivity contribution in [2.24, 2.45) is 0 Å². The molecule has 1 atom stereocenters. The lowest BCUT2D eigenvalue weighted by atomic mass is 10.1. The normalized spacial score (nSPS) is 18.1. The van der Waals surface area contributed by atoms with Crippen molar-refractivity contribution in [3.05, 3.63) is 29.8 Å². The molecule has 20 heavy (non-hydrogen) atoms. The Hall–Kier alpha value is -0.610. The van der Waals surface area contributed by atoms with E-state index in [0.717, 1.165) is 29.6 Å². The third-order valence-corrected chi connectivity index (χ3v) is 6.43. The maximum Gasteiger partial charge on any atom is 0.159 e. The second kappa shape index (κ2) is 8.63. The highest BCUT2D eigenvalue weighted by atomic mass is 33.1. The highest BCUT2D eigenvalue weighted by molar-refractivity contribution is 8.77. The number of carbonyl (C=O) groups is 1. The van der Waals surface area contributed by atoms with Gasteiger partial charge in [-0.15, -0.1) is 0 Å². The smallest absolute Gasteiger partial charge is 0.159 e. The first-order valence-corrected chi connectivity index (χ1v) is 9.66. The average molecular weight is 310 g/mol. The summed E-state index contributed by atoms with van der Waals surface area (Å²) in [4.78, 5) is 11.2. The summed E-state index contributed by atoms with van der Waals surface area (Å²) in [6, 6.07) is 7.41. The van der Waals surface area contributed by atoms with Crippen LogP contribution in [0, 0.1) is 0 Å². The fourth-order valence-corrected chi connectivity index (χ4v) is 5.22. The molecule has 1 aliphatic heterocycles. The molecule has 0 aromatic heterocycles. The van der Waals surface area contributed by atoms with Crippen molar-refractivity contribution in [2.45, 2.75) is 44.3 Å². The Bertz CT molecular complexity index is 411. The van der Waals surface area contributed by atoms with Gasteiger partial charge in [-0.25, -0.2) is 0 Å². The minimum Gasteiger partial charge on any atom is -0.494 e. The van der Waals surface area contributed by atoms with Crippen molar-refractivity contribution in [3.8, 4) is 5.75 Å². The van der Waals surface area contributed by atoms with Gasteiger partial charge in [-0.3, -0.25) is 4.79 Å². The first-order valence-electron chi connectivity index (χ1n) is 7.28. The molecule has 1 fully saturated rings. The van der Waals surface area contributed by atoms with E-state index in [1.807, 2.05) is 35.1 Å². The summed E-state index contributed by atoms with van der Waals surface area (Å²) in [5.74, 6) is 2.28. The Morgan fingerprint density at radius 3 is 2.70 bits per heavy atom. The van der Waals surface area contributed by atoms with Crippen molar-refractivity contribution in [3.63, 3.8) is 0 Å². The number of hydrogen-bond donors (Lipinski definition) is 0. The molecule has 2 rings (SSSR count). The third-order valence-electron chi connectivity index (χ3n) is 3.43. The summed E-state index contributed by atoms with van der Waals surface area (Å²) >= 11 is 0. The van der Waals surface area contributed by atoms with E-state index in [1.165, 1.54) is 31.4 Å². The van der Waals surface area contributed by atoms with Crippen LogP contribution in [0.1, 0.15) is 49.4 Å². The van der Waals surface area contributed by atoms with Gasteiger partial charge in [0.15, 0.2) is 5.78 Å². The van der Waals surface area contributed by atoms with E-state index in [0.29, 0.717) is 0 Å². The van der Waals surface area contributed by atoms with E-state index in [9.17, 15) is 4.79 Å². The lowest BCUT2D eigenvalue weighted by molar-refractivity contribution is 0.101. The van der Waals surface area contributed by atoms with Gasteiger partial charge in [0.1, 0.15) is 5.75 Å². The van der Waals surface area contributed by atoms with Crippen molar-refractivity contribution in [1.82, 2.24) is 0 Å². The Morgan fingerprint density at radius 1 is 1.25 bits per heavy atom. The number of unbranched alkanes of at least 4 members (excludes halogenated alkanes) is 2. The van der Waals surface area contributed by atoms with E-state index < -0.39 is 0 Å². The molecule has 1 aliphatic rings. The fourth-order valence-electron chi connectivity index (χ4n) is 2.19. The van der Waals surface area contributed by atoms with Crippen LogP contribution in [-0.4, -0.2) is 23.4 Å². The lowest BCUT2D eigenvalue weighted by Crippen LogP contribution is -2.00. The number of carbonyl (C=O) groups excluding carboxylic acids is 1. The van der Waals surface area contributed by atoms with Gasteiger partial charge in [0, 0.05) is 16.6 Å². The molecule has 1 aromatic carbocycles. The van der Waals surface area contributed by atoms with Gasteiger partial charge in [0.2, 0.25) is 0 Å². The Labute approximate surface area is 129 Å². The van der Waals surface area contributed by atoms with Crippen LogP contribution in [0.25, 0.3) is 0 Å². The van der Waals surface area contributed by atoms with Gasteiger partial charge in [-0.05, 0) is 50.5 Å². The molecule has 0 bridgehead atoms. The quantitative estimate of drug-likeness (QED) is 0.384. The van der Waals surface area contributed by atoms with E-state index in [1.54, 1.807) is 6.92 Å². The van der Waals surface area contributed by atoms with Crippen LogP contribution in [0.2, 0.25) is 0 Å². The molecule has 110 valence electrons. The van der Waals surface area contributed by atoms with Crippen LogP contribution in [0.15, 0.2) is 24.3 Å². The molecular formula is C16H22O2S2. The van der Waals surface area contributed by atoms with E-state index in [-0.39, 0.29) is 5.78 Å². The zero-order valence-corrected chi connectivity index (χ0v) is 13.6. The van der Waals surface area contributed by atoms with Gasteiger partial charge >= 0.3 is 0 Å².